The summed E-state index contributed by atoms with van der Waals surface area (Å²) < 4.78 is 7.22. The fourth-order valence-corrected chi connectivity index (χ4v) is 4.72. The zero-order valence-corrected chi connectivity index (χ0v) is 23.2. The first-order valence-corrected chi connectivity index (χ1v) is 13.8. The Bertz CT molecular complexity index is 1140. The third-order valence-corrected chi connectivity index (χ3v) is 6.85. The molecule has 0 spiro atoms. The Morgan fingerprint density at radius 1 is 1.16 bits per heavy atom. The van der Waals surface area contributed by atoms with Gasteiger partial charge in [0.1, 0.15) is 5.76 Å². The van der Waals surface area contributed by atoms with Crippen molar-refractivity contribution < 1.29 is 9.53 Å². The van der Waals surface area contributed by atoms with Gasteiger partial charge < -0.3 is 9.64 Å². The van der Waals surface area contributed by atoms with Crippen LogP contribution in [0.1, 0.15) is 80.9 Å². The van der Waals surface area contributed by atoms with Crippen molar-refractivity contribution in [3.05, 3.63) is 71.8 Å². The smallest absolute Gasteiger partial charge is 0.253 e. The summed E-state index contributed by atoms with van der Waals surface area (Å²) in [5, 5.41) is 4.85. The van der Waals surface area contributed by atoms with Crippen molar-refractivity contribution in [1.82, 2.24) is 19.4 Å². The highest BCUT2D eigenvalue weighted by atomic mass is 16.5. The first kappa shape index (κ1) is 28.5. The number of unbranched alkanes of at least 4 members (excludes halogenated alkanes) is 1. The van der Waals surface area contributed by atoms with Gasteiger partial charge in [0.05, 0.1) is 18.3 Å². The van der Waals surface area contributed by atoms with Gasteiger partial charge in [0.2, 0.25) is 0 Å². The normalized spacial score (nSPS) is 15.2. The molecule has 1 aliphatic rings. The monoisotopic (exact) mass is 504 g/mol. The number of methoxy groups -OCH3 is 1. The van der Waals surface area contributed by atoms with Crippen LogP contribution in [0.2, 0.25) is 0 Å². The van der Waals surface area contributed by atoms with Crippen LogP contribution in [-0.4, -0.2) is 65.2 Å². The molecule has 1 saturated heterocycles. The minimum atomic E-state index is 0.0836. The SMILES string of the molecule is C=C(C=CC(=CC)OC)c1nn2ccc(C(=O)N(CCC)CCCC)cc2c1C=CCN1CCCCC1. The summed E-state index contributed by atoms with van der Waals surface area (Å²) in [6, 6.07) is 3.86. The number of amides is 1. The molecule has 0 bridgehead atoms. The molecule has 3 heterocycles. The summed E-state index contributed by atoms with van der Waals surface area (Å²) in [5.74, 6) is 0.850. The molecule has 0 aromatic carbocycles. The van der Waals surface area contributed by atoms with Crippen LogP contribution in [0.25, 0.3) is 17.2 Å². The molecule has 37 heavy (non-hydrogen) atoms. The van der Waals surface area contributed by atoms with E-state index in [1.54, 1.807) is 7.11 Å². The van der Waals surface area contributed by atoms with Gasteiger partial charge in [-0.1, -0.05) is 45.4 Å². The number of fused-ring (bicyclic) bond motifs is 1. The van der Waals surface area contributed by atoms with Crippen molar-refractivity contribution in [1.29, 1.82) is 0 Å². The first-order valence-electron chi connectivity index (χ1n) is 13.8. The van der Waals surface area contributed by atoms with E-state index in [0.29, 0.717) is 5.56 Å². The minimum Gasteiger partial charge on any atom is -0.497 e. The van der Waals surface area contributed by atoms with Gasteiger partial charge >= 0.3 is 0 Å². The number of piperidine rings is 1. The maximum atomic E-state index is 13.4. The maximum Gasteiger partial charge on any atom is 0.253 e. The maximum absolute atomic E-state index is 13.4. The van der Waals surface area contributed by atoms with E-state index >= 15 is 0 Å². The Morgan fingerprint density at radius 2 is 1.95 bits per heavy atom. The second-order valence-electron chi connectivity index (χ2n) is 9.67. The average Bonchev–Trinajstić information content (AvgIpc) is 3.29. The predicted octanol–water partition coefficient (Wildman–Crippen LogP) is 6.61. The molecule has 1 fully saturated rings. The van der Waals surface area contributed by atoms with Gasteiger partial charge in [-0.15, -0.1) is 0 Å². The first-order chi connectivity index (χ1) is 18.0. The lowest BCUT2D eigenvalue weighted by Crippen LogP contribution is -2.32. The summed E-state index contributed by atoms with van der Waals surface area (Å²) in [7, 11) is 1.66. The van der Waals surface area contributed by atoms with Crippen LogP contribution in [0, 0.1) is 0 Å². The molecule has 3 rings (SSSR count). The highest BCUT2D eigenvalue weighted by Gasteiger charge is 2.18. The molecule has 0 atom stereocenters. The minimum absolute atomic E-state index is 0.0836. The number of hydrogen-bond acceptors (Lipinski definition) is 4. The predicted molar refractivity (Wildman–Crippen MR) is 155 cm³/mol. The van der Waals surface area contributed by atoms with Crippen molar-refractivity contribution in [2.75, 3.05) is 39.8 Å². The molecule has 1 aliphatic heterocycles. The second kappa shape index (κ2) is 14.6. The lowest BCUT2D eigenvalue weighted by Gasteiger charge is -2.24. The van der Waals surface area contributed by atoms with Crippen LogP contribution in [0.15, 0.2) is 55.0 Å². The Hall–Kier alpha value is -3.12. The summed E-state index contributed by atoms with van der Waals surface area (Å²) in [6.07, 6.45) is 18.9. The van der Waals surface area contributed by atoms with Crippen LogP contribution >= 0.6 is 0 Å². The lowest BCUT2D eigenvalue weighted by molar-refractivity contribution is 0.0753. The van der Waals surface area contributed by atoms with Crippen LogP contribution in [0.5, 0.6) is 0 Å². The van der Waals surface area contributed by atoms with Gasteiger partial charge in [-0.05, 0) is 81.6 Å². The van der Waals surface area contributed by atoms with E-state index in [-0.39, 0.29) is 5.91 Å². The van der Waals surface area contributed by atoms with E-state index in [1.807, 2.05) is 52.9 Å². The van der Waals surface area contributed by atoms with Gasteiger partial charge in [-0.3, -0.25) is 9.69 Å². The Kier molecular flexibility index (Phi) is 11.2. The quantitative estimate of drug-likeness (QED) is 0.228. The van der Waals surface area contributed by atoms with E-state index in [0.717, 1.165) is 80.1 Å². The molecule has 6 heteroatoms. The third-order valence-electron chi connectivity index (χ3n) is 6.85. The number of carbonyl (C=O) groups is 1. The number of ether oxygens (including phenoxy) is 1. The van der Waals surface area contributed by atoms with Crippen molar-refractivity contribution >= 4 is 23.1 Å². The molecule has 0 N–H and O–H groups in total. The summed E-state index contributed by atoms with van der Waals surface area (Å²) in [5.41, 5.74) is 4.19. The highest BCUT2D eigenvalue weighted by Crippen LogP contribution is 2.26. The molecule has 1 amide bonds. The Labute approximate surface area is 223 Å². The van der Waals surface area contributed by atoms with Crippen molar-refractivity contribution in [3.8, 4) is 0 Å². The summed E-state index contributed by atoms with van der Waals surface area (Å²) in [4.78, 5) is 17.9. The third kappa shape index (κ3) is 7.68. The Balaban J connectivity index is 1.98. The van der Waals surface area contributed by atoms with E-state index in [4.69, 9.17) is 9.84 Å². The Morgan fingerprint density at radius 3 is 2.62 bits per heavy atom. The van der Waals surface area contributed by atoms with Gasteiger partial charge in [-0.25, -0.2) is 4.52 Å². The standard InChI is InChI=1S/C31H44N4O2/c1-6-9-22-34(18-7-2)31(36)26-17-23-35-29(24-26)28(14-13-21-33-19-11-10-12-20-33)30(32-35)25(4)15-16-27(8-3)37-5/h8,13-17,23-24H,4,6-7,9-12,18-22H2,1-3,5H3. The average molecular weight is 505 g/mol. The zero-order chi connectivity index (χ0) is 26.6. The molecule has 2 aromatic rings. The number of pyridine rings is 1. The highest BCUT2D eigenvalue weighted by molar-refractivity contribution is 5.96. The number of allylic oxidation sites excluding steroid dienone is 4. The van der Waals surface area contributed by atoms with Crippen molar-refractivity contribution in [2.24, 2.45) is 0 Å². The van der Waals surface area contributed by atoms with E-state index in [2.05, 4.69) is 37.5 Å². The topological polar surface area (TPSA) is 50.1 Å². The second-order valence-corrected chi connectivity index (χ2v) is 9.67. The summed E-state index contributed by atoms with van der Waals surface area (Å²) in [6.45, 7) is 15.3. The number of hydrogen-bond donors (Lipinski definition) is 0. The van der Waals surface area contributed by atoms with E-state index < -0.39 is 0 Å². The fraction of sp³-hybridized carbons (Fsp3) is 0.484. The zero-order valence-electron chi connectivity index (χ0n) is 23.2. The van der Waals surface area contributed by atoms with Gasteiger partial charge in [-0.2, -0.15) is 5.10 Å². The van der Waals surface area contributed by atoms with Crippen LogP contribution < -0.4 is 0 Å². The van der Waals surface area contributed by atoms with E-state index in [1.165, 1.54) is 19.3 Å². The van der Waals surface area contributed by atoms with Crippen LogP contribution in [0.3, 0.4) is 0 Å². The van der Waals surface area contributed by atoms with Gasteiger partial charge in [0.15, 0.2) is 0 Å². The summed E-state index contributed by atoms with van der Waals surface area (Å²) >= 11 is 0. The number of carbonyl (C=O) groups excluding carboxylic acids is 1. The number of likely N-dealkylation sites (tertiary alicyclic amines) is 1. The lowest BCUT2D eigenvalue weighted by atomic mass is 10.1. The number of nitrogens with zero attached hydrogens (tertiary/aromatic N) is 4. The number of aromatic nitrogens is 2. The van der Waals surface area contributed by atoms with E-state index in [9.17, 15) is 4.79 Å². The molecule has 200 valence electrons. The van der Waals surface area contributed by atoms with Crippen molar-refractivity contribution in [2.45, 2.75) is 59.3 Å². The molecule has 0 unspecified atom stereocenters. The van der Waals surface area contributed by atoms with Crippen molar-refractivity contribution in [3.63, 3.8) is 0 Å². The van der Waals surface area contributed by atoms with Crippen LogP contribution in [0.4, 0.5) is 0 Å². The molecule has 0 radical (unpaired) electrons. The fourth-order valence-electron chi connectivity index (χ4n) is 4.72. The molecule has 6 nitrogen and oxygen atoms in total. The largest absolute Gasteiger partial charge is 0.497 e. The van der Waals surface area contributed by atoms with Gasteiger partial charge in [0.25, 0.3) is 5.91 Å². The number of rotatable bonds is 13. The molecule has 0 aliphatic carbocycles. The van der Waals surface area contributed by atoms with Gasteiger partial charge in [0, 0.05) is 37.0 Å². The molecule has 2 aromatic heterocycles. The van der Waals surface area contributed by atoms with Crippen LogP contribution in [-0.2, 0) is 4.74 Å². The molecular weight excluding hydrogens is 460 g/mol. The molecular formula is C31H44N4O2. The molecule has 0 saturated carbocycles.